The van der Waals surface area contributed by atoms with Crippen molar-refractivity contribution >= 4 is 39.1 Å². The maximum atomic E-state index is 14.5. The molecule has 4 aromatic rings. The van der Waals surface area contributed by atoms with Crippen molar-refractivity contribution in [3.8, 4) is 0 Å². The topological polar surface area (TPSA) is 86.8 Å². The quantitative estimate of drug-likeness (QED) is 0.182. The van der Waals surface area contributed by atoms with Gasteiger partial charge in [-0.1, -0.05) is 91.5 Å². The first-order chi connectivity index (χ1) is 22.2. The Balaban J connectivity index is 1.54. The van der Waals surface area contributed by atoms with Crippen molar-refractivity contribution < 1.29 is 22.4 Å². The Kier molecular flexibility index (Phi) is 11.1. The molecule has 240 valence electrons. The average molecular weight is 662 g/mol. The molecule has 2 amide bonds. The van der Waals surface area contributed by atoms with Crippen molar-refractivity contribution in [1.82, 2.24) is 10.2 Å². The molecule has 1 aliphatic rings. The van der Waals surface area contributed by atoms with Crippen LogP contribution < -0.4 is 9.62 Å². The van der Waals surface area contributed by atoms with E-state index in [1.165, 1.54) is 41.3 Å². The molecule has 0 saturated heterocycles. The summed E-state index contributed by atoms with van der Waals surface area (Å²) >= 11 is 6.04. The first-order valence-corrected chi connectivity index (χ1v) is 17.2. The van der Waals surface area contributed by atoms with Crippen LogP contribution in [0.1, 0.15) is 43.2 Å². The molecule has 0 bridgehead atoms. The molecular formula is C36H37ClFN3O4S. The number of para-hydroxylation sites is 1. The van der Waals surface area contributed by atoms with Gasteiger partial charge in [0.25, 0.3) is 10.0 Å². The van der Waals surface area contributed by atoms with Crippen LogP contribution in [0.5, 0.6) is 0 Å². The summed E-state index contributed by atoms with van der Waals surface area (Å²) in [4.78, 5) is 30.0. The lowest BCUT2D eigenvalue weighted by molar-refractivity contribution is -0.140. The fraction of sp³-hybridized carbons (Fsp3) is 0.278. The van der Waals surface area contributed by atoms with Gasteiger partial charge in [-0.3, -0.25) is 13.9 Å². The normalized spacial score (nSPS) is 14.3. The number of rotatable bonds is 12. The van der Waals surface area contributed by atoms with E-state index in [9.17, 15) is 22.4 Å². The minimum absolute atomic E-state index is 0.00611. The second-order valence-electron chi connectivity index (χ2n) is 11.5. The summed E-state index contributed by atoms with van der Waals surface area (Å²) in [7, 11) is -4.23. The van der Waals surface area contributed by atoms with Crippen LogP contribution in [-0.2, 0) is 32.6 Å². The lowest BCUT2D eigenvalue weighted by atomic mass is 9.94. The maximum absolute atomic E-state index is 14.5. The molecule has 7 nitrogen and oxygen atoms in total. The van der Waals surface area contributed by atoms with E-state index in [-0.39, 0.29) is 29.8 Å². The van der Waals surface area contributed by atoms with Crippen molar-refractivity contribution in [2.24, 2.45) is 0 Å². The summed E-state index contributed by atoms with van der Waals surface area (Å²) in [6.07, 6.45) is 5.07. The highest BCUT2D eigenvalue weighted by Gasteiger charge is 2.35. The standard InChI is InChI=1S/C36H37ClFN3O4S/c37-29-18-22-33(23-19-29)46(44,45)41(32-14-8-3-9-15-32)26-35(42)40(25-28-16-20-30(38)21-17-28)34(24-27-10-4-1-5-11-27)36(43)39-31-12-6-2-7-13-31/h1,3-5,8-11,14-23,31,34H,2,6-7,12-13,24-26H2,(H,39,43). The van der Waals surface area contributed by atoms with E-state index in [4.69, 9.17) is 11.6 Å². The minimum atomic E-state index is -4.23. The summed E-state index contributed by atoms with van der Waals surface area (Å²) in [6, 6.07) is 28.3. The molecule has 1 saturated carbocycles. The molecule has 1 unspecified atom stereocenters. The van der Waals surface area contributed by atoms with Crippen molar-refractivity contribution in [3.05, 3.63) is 131 Å². The smallest absolute Gasteiger partial charge is 0.264 e. The molecule has 0 radical (unpaired) electrons. The molecule has 0 heterocycles. The molecule has 0 spiro atoms. The highest BCUT2D eigenvalue weighted by molar-refractivity contribution is 7.92. The lowest BCUT2D eigenvalue weighted by Gasteiger charge is -2.35. The number of hydrogen-bond donors (Lipinski definition) is 1. The zero-order valence-corrected chi connectivity index (χ0v) is 27.0. The fourth-order valence-electron chi connectivity index (χ4n) is 5.74. The molecule has 46 heavy (non-hydrogen) atoms. The second kappa shape index (κ2) is 15.4. The first kappa shape index (κ1) is 33.2. The van der Waals surface area contributed by atoms with Gasteiger partial charge in [0.1, 0.15) is 18.4 Å². The number of nitrogens with one attached hydrogen (secondary N) is 1. The molecule has 4 aromatic carbocycles. The number of nitrogens with zero attached hydrogens (tertiary/aromatic N) is 2. The Morgan fingerprint density at radius 2 is 1.41 bits per heavy atom. The van der Waals surface area contributed by atoms with E-state index in [1.807, 2.05) is 30.3 Å². The number of halogens is 2. The molecule has 1 aliphatic carbocycles. The summed E-state index contributed by atoms with van der Waals surface area (Å²) < 4.78 is 43.0. The predicted molar refractivity (Wildman–Crippen MR) is 178 cm³/mol. The molecule has 0 aromatic heterocycles. The number of carbonyl (C=O) groups is 2. The Morgan fingerprint density at radius 3 is 2.04 bits per heavy atom. The molecule has 1 fully saturated rings. The summed E-state index contributed by atoms with van der Waals surface area (Å²) in [5, 5.41) is 3.55. The number of anilines is 1. The lowest BCUT2D eigenvalue weighted by Crippen LogP contribution is -2.55. The van der Waals surface area contributed by atoms with Gasteiger partial charge in [-0.15, -0.1) is 0 Å². The zero-order valence-electron chi connectivity index (χ0n) is 25.4. The Labute approximate surface area is 275 Å². The van der Waals surface area contributed by atoms with E-state index >= 15 is 0 Å². The van der Waals surface area contributed by atoms with Crippen LogP contribution in [-0.4, -0.2) is 43.8 Å². The molecule has 0 aliphatic heterocycles. The Morgan fingerprint density at radius 1 is 0.804 bits per heavy atom. The van der Waals surface area contributed by atoms with Gasteiger partial charge in [-0.2, -0.15) is 0 Å². The summed E-state index contributed by atoms with van der Waals surface area (Å²) in [6.45, 7) is -0.601. The van der Waals surface area contributed by atoms with E-state index in [0.29, 0.717) is 16.3 Å². The SMILES string of the molecule is O=C(NC1CCCCC1)C(Cc1ccccc1)N(Cc1ccc(F)cc1)C(=O)CN(c1ccccc1)S(=O)(=O)c1ccc(Cl)cc1. The van der Waals surface area contributed by atoms with Gasteiger partial charge in [-0.25, -0.2) is 12.8 Å². The third-order valence-electron chi connectivity index (χ3n) is 8.21. The van der Waals surface area contributed by atoms with E-state index in [0.717, 1.165) is 42.0 Å². The Bertz CT molecular complexity index is 1700. The number of amides is 2. The van der Waals surface area contributed by atoms with Gasteiger partial charge in [0, 0.05) is 24.0 Å². The molecule has 1 atom stereocenters. The van der Waals surface area contributed by atoms with Gasteiger partial charge in [0.05, 0.1) is 10.6 Å². The zero-order chi connectivity index (χ0) is 32.5. The fourth-order valence-corrected chi connectivity index (χ4v) is 7.28. The van der Waals surface area contributed by atoms with Crippen LogP contribution in [0.25, 0.3) is 0 Å². The van der Waals surface area contributed by atoms with Crippen molar-refractivity contribution in [3.63, 3.8) is 0 Å². The van der Waals surface area contributed by atoms with E-state index in [2.05, 4.69) is 5.32 Å². The van der Waals surface area contributed by atoms with Gasteiger partial charge in [0.2, 0.25) is 11.8 Å². The first-order valence-electron chi connectivity index (χ1n) is 15.4. The van der Waals surface area contributed by atoms with Crippen LogP contribution in [0.2, 0.25) is 5.02 Å². The predicted octanol–water partition coefficient (Wildman–Crippen LogP) is 6.76. The van der Waals surface area contributed by atoms with E-state index in [1.54, 1.807) is 42.5 Å². The van der Waals surface area contributed by atoms with Gasteiger partial charge >= 0.3 is 0 Å². The highest BCUT2D eigenvalue weighted by Crippen LogP contribution is 2.26. The highest BCUT2D eigenvalue weighted by atomic mass is 35.5. The third kappa shape index (κ3) is 8.53. The van der Waals surface area contributed by atoms with Crippen molar-refractivity contribution in [1.29, 1.82) is 0 Å². The molecular weight excluding hydrogens is 625 g/mol. The van der Waals surface area contributed by atoms with Crippen molar-refractivity contribution in [2.45, 2.75) is 62.0 Å². The Hall–Kier alpha value is -4.21. The maximum Gasteiger partial charge on any atom is 0.264 e. The largest absolute Gasteiger partial charge is 0.352 e. The third-order valence-corrected chi connectivity index (χ3v) is 10.3. The van der Waals surface area contributed by atoms with Crippen LogP contribution in [0.15, 0.2) is 114 Å². The monoisotopic (exact) mass is 661 g/mol. The number of benzene rings is 4. The van der Waals surface area contributed by atoms with Crippen molar-refractivity contribution in [2.75, 3.05) is 10.8 Å². The van der Waals surface area contributed by atoms with Crippen LogP contribution >= 0.6 is 11.6 Å². The van der Waals surface area contributed by atoms with E-state index < -0.39 is 34.3 Å². The summed E-state index contributed by atoms with van der Waals surface area (Å²) in [5.41, 5.74) is 1.74. The van der Waals surface area contributed by atoms with Crippen LogP contribution in [0, 0.1) is 5.82 Å². The molecule has 5 rings (SSSR count). The average Bonchev–Trinajstić information content (AvgIpc) is 3.07. The minimum Gasteiger partial charge on any atom is -0.352 e. The van der Waals surface area contributed by atoms with Gasteiger partial charge in [-0.05, 0) is 72.5 Å². The molecule has 1 N–H and O–H groups in total. The number of hydrogen-bond acceptors (Lipinski definition) is 4. The van der Waals surface area contributed by atoms with Gasteiger partial charge in [0.15, 0.2) is 0 Å². The molecule has 10 heteroatoms. The van der Waals surface area contributed by atoms with Gasteiger partial charge < -0.3 is 10.2 Å². The summed E-state index contributed by atoms with van der Waals surface area (Å²) in [5.74, 6) is -1.31. The van der Waals surface area contributed by atoms with Crippen LogP contribution in [0.3, 0.4) is 0 Å². The number of sulfonamides is 1. The second-order valence-corrected chi connectivity index (χ2v) is 13.8. The van der Waals surface area contributed by atoms with Crippen LogP contribution in [0.4, 0.5) is 10.1 Å². The number of carbonyl (C=O) groups excluding carboxylic acids is 2.